The lowest BCUT2D eigenvalue weighted by Gasteiger charge is -2.28. The Morgan fingerprint density at radius 2 is 1.96 bits per heavy atom. The summed E-state index contributed by atoms with van der Waals surface area (Å²) >= 11 is 0. The quantitative estimate of drug-likeness (QED) is 0.335. The number of aliphatic imine (C=N–C) groups is 1. The molecule has 3 rings (SSSR count). The van der Waals surface area contributed by atoms with E-state index in [4.69, 9.17) is 10.5 Å². The molecular weight excluding hydrogens is 465 g/mol. The van der Waals surface area contributed by atoms with Gasteiger partial charge in [0.1, 0.15) is 5.75 Å². The molecular formula is C21H30IN5O. The number of nitrogens with two attached hydrogens (primary N) is 1. The first-order chi connectivity index (χ1) is 13.3. The number of hydrogen-bond acceptors (Lipinski definition) is 4. The maximum Gasteiger partial charge on any atom is 0.188 e. The predicted molar refractivity (Wildman–Crippen MR) is 124 cm³/mol. The van der Waals surface area contributed by atoms with Crippen LogP contribution in [0.4, 0.5) is 0 Å². The van der Waals surface area contributed by atoms with Crippen LogP contribution >= 0.6 is 24.0 Å². The van der Waals surface area contributed by atoms with Crippen molar-refractivity contribution in [2.75, 3.05) is 33.3 Å². The SMILES string of the molecule is COc1ccccc1C(CN=C(N)NCCc1ccccn1)N1CCCC1.I. The second kappa shape index (κ2) is 11.9. The Morgan fingerprint density at radius 1 is 1.21 bits per heavy atom. The van der Waals surface area contributed by atoms with Gasteiger partial charge < -0.3 is 15.8 Å². The molecule has 3 N–H and O–H groups in total. The number of guanidine groups is 1. The molecule has 1 aromatic heterocycles. The van der Waals surface area contributed by atoms with Crippen LogP contribution in [0.25, 0.3) is 0 Å². The van der Waals surface area contributed by atoms with Crippen molar-refractivity contribution in [2.24, 2.45) is 10.7 Å². The van der Waals surface area contributed by atoms with Gasteiger partial charge in [0, 0.05) is 30.4 Å². The highest BCUT2D eigenvalue weighted by atomic mass is 127. The third-order valence-corrected chi connectivity index (χ3v) is 4.93. The Kier molecular flexibility index (Phi) is 9.49. The van der Waals surface area contributed by atoms with Gasteiger partial charge in [0.2, 0.25) is 0 Å². The average Bonchev–Trinajstić information content (AvgIpc) is 3.24. The maximum atomic E-state index is 6.10. The van der Waals surface area contributed by atoms with Gasteiger partial charge >= 0.3 is 0 Å². The summed E-state index contributed by atoms with van der Waals surface area (Å²) in [6, 6.07) is 14.3. The summed E-state index contributed by atoms with van der Waals surface area (Å²) < 4.78 is 5.58. The number of pyridine rings is 1. The van der Waals surface area contributed by atoms with Gasteiger partial charge in [-0.3, -0.25) is 14.9 Å². The molecule has 0 saturated carbocycles. The van der Waals surface area contributed by atoms with Crippen molar-refractivity contribution in [1.82, 2.24) is 15.2 Å². The number of nitrogens with zero attached hydrogens (tertiary/aromatic N) is 3. The molecule has 1 atom stereocenters. The minimum atomic E-state index is 0. The number of nitrogens with one attached hydrogen (secondary N) is 1. The number of halogens is 1. The van der Waals surface area contributed by atoms with E-state index in [9.17, 15) is 0 Å². The Bertz CT molecular complexity index is 735. The van der Waals surface area contributed by atoms with Gasteiger partial charge in [-0.15, -0.1) is 24.0 Å². The molecule has 7 heteroatoms. The van der Waals surface area contributed by atoms with Crippen LogP contribution in [0.1, 0.15) is 30.1 Å². The monoisotopic (exact) mass is 495 g/mol. The van der Waals surface area contributed by atoms with Crippen LogP contribution in [-0.4, -0.2) is 49.1 Å². The smallest absolute Gasteiger partial charge is 0.188 e. The molecule has 2 aromatic rings. The van der Waals surface area contributed by atoms with Gasteiger partial charge in [-0.25, -0.2) is 0 Å². The number of aromatic nitrogens is 1. The largest absolute Gasteiger partial charge is 0.496 e. The fourth-order valence-electron chi connectivity index (χ4n) is 3.51. The first-order valence-electron chi connectivity index (χ1n) is 9.58. The van der Waals surface area contributed by atoms with Crippen molar-refractivity contribution in [3.63, 3.8) is 0 Å². The lowest BCUT2D eigenvalue weighted by Crippen LogP contribution is -2.35. The summed E-state index contributed by atoms with van der Waals surface area (Å²) in [4.78, 5) is 11.4. The Morgan fingerprint density at radius 3 is 2.68 bits per heavy atom. The molecule has 0 spiro atoms. The number of likely N-dealkylation sites (tertiary alicyclic amines) is 1. The molecule has 0 radical (unpaired) electrons. The molecule has 0 amide bonds. The summed E-state index contributed by atoms with van der Waals surface area (Å²) in [6.07, 6.45) is 5.08. The molecule has 0 bridgehead atoms. The number of ether oxygens (including phenoxy) is 1. The van der Waals surface area contributed by atoms with Crippen molar-refractivity contribution >= 4 is 29.9 Å². The number of hydrogen-bond donors (Lipinski definition) is 2. The highest BCUT2D eigenvalue weighted by Crippen LogP contribution is 2.31. The van der Waals surface area contributed by atoms with Crippen LogP contribution in [0.15, 0.2) is 53.7 Å². The highest BCUT2D eigenvalue weighted by Gasteiger charge is 2.25. The maximum absolute atomic E-state index is 6.10. The van der Waals surface area contributed by atoms with Crippen molar-refractivity contribution in [3.05, 3.63) is 59.9 Å². The molecule has 1 aromatic carbocycles. The van der Waals surface area contributed by atoms with Crippen LogP contribution in [0.5, 0.6) is 5.75 Å². The second-order valence-corrected chi connectivity index (χ2v) is 6.72. The van der Waals surface area contributed by atoms with Crippen molar-refractivity contribution in [1.29, 1.82) is 0 Å². The Balaban J connectivity index is 0.00000280. The van der Waals surface area contributed by atoms with Gasteiger partial charge in [0.15, 0.2) is 5.96 Å². The van der Waals surface area contributed by atoms with E-state index >= 15 is 0 Å². The van der Waals surface area contributed by atoms with Crippen LogP contribution in [0, 0.1) is 0 Å². The predicted octanol–water partition coefficient (Wildman–Crippen LogP) is 2.99. The molecule has 1 saturated heterocycles. The van der Waals surface area contributed by atoms with Crippen LogP contribution in [0.2, 0.25) is 0 Å². The normalized spacial score (nSPS) is 15.7. The number of para-hydroxylation sites is 1. The van der Waals surface area contributed by atoms with Crippen molar-refractivity contribution in [3.8, 4) is 5.75 Å². The van der Waals surface area contributed by atoms with Crippen molar-refractivity contribution < 1.29 is 4.74 Å². The zero-order chi connectivity index (χ0) is 18.9. The van der Waals surface area contributed by atoms with Crippen LogP contribution in [0.3, 0.4) is 0 Å². The number of methoxy groups -OCH3 is 1. The summed E-state index contributed by atoms with van der Waals surface area (Å²) in [7, 11) is 1.72. The summed E-state index contributed by atoms with van der Waals surface area (Å²) in [5.74, 6) is 1.39. The number of rotatable bonds is 8. The Hall–Kier alpha value is -1.87. The summed E-state index contributed by atoms with van der Waals surface area (Å²) in [6.45, 7) is 3.51. The Labute approximate surface area is 184 Å². The van der Waals surface area contributed by atoms with Gasteiger partial charge in [0.05, 0.1) is 19.7 Å². The molecule has 1 unspecified atom stereocenters. The number of benzene rings is 1. The molecule has 1 aliphatic rings. The molecule has 28 heavy (non-hydrogen) atoms. The zero-order valence-electron chi connectivity index (χ0n) is 16.4. The average molecular weight is 495 g/mol. The van der Waals surface area contributed by atoms with E-state index in [0.717, 1.165) is 37.5 Å². The first-order valence-corrected chi connectivity index (χ1v) is 9.58. The third kappa shape index (κ3) is 6.34. The zero-order valence-corrected chi connectivity index (χ0v) is 18.7. The minimum Gasteiger partial charge on any atom is -0.496 e. The van der Waals surface area contributed by atoms with E-state index in [1.54, 1.807) is 13.3 Å². The fraction of sp³-hybridized carbons (Fsp3) is 0.429. The molecule has 0 aliphatic carbocycles. The van der Waals surface area contributed by atoms with E-state index in [1.165, 1.54) is 18.4 Å². The van der Waals surface area contributed by atoms with E-state index in [0.29, 0.717) is 12.5 Å². The summed E-state index contributed by atoms with van der Waals surface area (Å²) in [5, 5.41) is 3.20. The second-order valence-electron chi connectivity index (χ2n) is 6.72. The lowest BCUT2D eigenvalue weighted by molar-refractivity contribution is 0.245. The van der Waals surface area contributed by atoms with Crippen LogP contribution < -0.4 is 15.8 Å². The molecule has 6 nitrogen and oxygen atoms in total. The van der Waals surface area contributed by atoms with Crippen LogP contribution in [-0.2, 0) is 6.42 Å². The van der Waals surface area contributed by atoms with E-state index in [2.05, 4.69) is 32.3 Å². The lowest BCUT2D eigenvalue weighted by atomic mass is 10.0. The molecule has 1 fully saturated rings. The van der Waals surface area contributed by atoms with E-state index in [1.807, 2.05) is 30.3 Å². The van der Waals surface area contributed by atoms with E-state index < -0.39 is 0 Å². The minimum absolute atomic E-state index is 0. The summed E-state index contributed by atoms with van der Waals surface area (Å²) in [5.41, 5.74) is 8.32. The highest BCUT2D eigenvalue weighted by molar-refractivity contribution is 14.0. The standard InChI is InChI=1S/C21H29N5O.HI/c1-27-20-10-3-2-9-18(20)19(26-14-6-7-15-26)16-25-21(22)24-13-11-17-8-4-5-12-23-17;/h2-5,8-10,12,19H,6-7,11,13-16H2,1H3,(H3,22,24,25);1H. The van der Waals surface area contributed by atoms with Gasteiger partial charge in [0.25, 0.3) is 0 Å². The van der Waals surface area contributed by atoms with Gasteiger partial charge in [-0.1, -0.05) is 24.3 Å². The molecule has 152 valence electrons. The third-order valence-electron chi connectivity index (χ3n) is 4.93. The topological polar surface area (TPSA) is 75.8 Å². The first kappa shape index (κ1) is 22.4. The molecule has 1 aliphatic heterocycles. The molecule has 2 heterocycles. The van der Waals surface area contributed by atoms with Gasteiger partial charge in [-0.05, 0) is 44.1 Å². The van der Waals surface area contributed by atoms with Crippen molar-refractivity contribution in [2.45, 2.75) is 25.3 Å². The van der Waals surface area contributed by atoms with E-state index in [-0.39, 0.29) is 30.0 Å². The fourth-order valence-corrected chi connectivity index (χ4v) is 3.51. The van der Waals surface area contributed by atoms with Gasteiger partial charge in [-0.2, -0.15) is 0 Å².